The largest absolute Gasteiger partial charge is 0.387 e. The number of aromatic nitrogens is 2. The van der Waals surface area contributed by atoms with Gasteiger partial charge in [0.25, 0.3) is 10.0 Å². The molecule has 0 aliphatic rings. The van der Waals surface area contributed by atoms with Crippen molar-refractivity contribution in [3.63, 3.8) is 0 Å². The van der Waals surface area contributed by atoms with Gasteiger partial charge in [0.05, 0.1) is 11.8 Å². The van der Waals surface area contributed by atoms with Crippen molar-refractivity contribution in [2.24, 2.45) is 5.14 Å². The highest BCUT2D eigenvalue weighted by atomic mass is 32.2. The molecule has 1 unspecified atom stereocenters. The van der Waals surface area contributed by atoms with Gasteiger partial charge >= 0.3 is 0 Å². The van der Waals surface area contributed by atoms with Crippen LogP contribution >= 0.6 is 0 Å². The van der Waals surface area contributed by atoms with Crippen molar-refractivity contribution in [2.75, 3.05) is 0 Å². The van der Waals surface area contributed by atoms with E-state index in [9.17, 15) is 13.5 Å². The molecule has 0 radical (unpaired) electrons. The lowest BCUT2D eigenvalue weighted by molar-refractivity contribution is 0.184. The van der Waals surface area contributed by atoms with E-state index in [1.165, 1.54) is 10.7 Å². The molecule has 0 spiro atoms. The Morgan fingerprint density at radius 2 is 2.00 bits per heavy atom. The van der Waals surface area contributed by atoms with Crippen molar-refractivity contribution < 1.29 is 13.5 Å². The molecule has 0 saturated heterocycles. The monoisotopic (exact) mass is 233 g/mol. The molecule has 0 fully saturated rings. The molecule has 0 amide bonds. The van der Waals surface area contributed by atoms with Crippen molar-refractivity contribution in [3.05, 3.63) is 11.8 Å². The minimum absolute atomic E-state index is 0.0369. The number of hydrogen-bond donors (Lipinski definition) is 2. The van der Waals surface area contributed by atoms with E-state index in [4.69, 9.17) is 5.14 Å². The summed E-state index contributed by atoms with van der Waals surface area (Å²) in [6, 6.07) is 1.25. The zero-order chi connectivity index (χ0) is 11.8. The normalized spacial score (nSPS) is 14.5. The van der Waals surface area contributed by atoms with E-state index in [0.29, 0.717) is 5.69 Å². The van der Waals surface area contributed by atoms with Gasteiger partial charge in [-0.3, -0.25) is 4.68 Å². The van der Waals surface area contributed by atoms with Gasteiger partial charge in [-0.15, -0.1) is 0 Å². The van der Waals surface area contributed by atoms with Gasteiger partial charge in [-0.05, 0) is 20.8 Å². The second-order valence-electron chi connectivity index (χ2n) is 3.67. The molecule has 3 N–H and O–H groups in total. The number of hydrogen-bond acceptors (Lipinski definition) is 4. The predicted octanol–water partition coefficient (Wildman–Crippen LogP) is 0.165. The number of rotatable bonds is 3. The highest BCUT2D eigenvalue weighted by Gasteiger charge is 2.19. The molecule has 1 atom stereocenters. The van der Waals surface area contributed by atoms with Crippen LogP contribution in [0.3, 0.4) is 0 Å². The summed E-state index contributed by atoms with van der Waals surface area (Å²) in [5.41, 5.74) is 0.439. The summed E-state index contributed by atoms with van der Waals surface area (Å²) in [5.74, 6) is 0. The molecule has 0 aromatic carbocycles. The van der Waals surface area contributed by atoms with Crippen LogP contribution in [0.15, 0.2) is 11.1 Å². The Kier molecular flexibility index (Phi) is 3.17. The van der Waals surface area contributed by atoms with Gasteiger partial charge in [-0.2, -0.15) is 5.10 Å². The van der Waals surface area contributed by atoms with Crippen LogP contribution in [-0.4, -0.2) is 23.3 Å². The lowest BCUT2D eigenvalue weighted by atomic mass is 10.2. The number of aliphatic hydroxyl groups is 1. The van der Waals surface area contributed by atoms with E-state index >= 15 is 0 Å². The first kappa shape index (κ1) is 12.2. The maximum atomic E-state index is 11.1. The fraction of sp³-hybridized carbons (Fsp3) is 0.625. The SMILES string of the molecule is CC(O)c1cc(S(N)(=O)=O)nn1C(C)C. The van der Waals surface area contributed by atoms with Gasteiger partial charge in [-0.1, -0.05) is 0 Å². The molecule has 0 saturated carbocycles. The first-order chi connectivity index (χ1) is 6.73. The molecular formula is C8H15N3O3S. The second kappa shape index (κ2) is 3.92. The summed E-state index contributed by atoms with van der Waals surface area (Å²) in [4.78, 5) is 0. The van der Waals surface area contributed by atoms with E-state index in [2.05, 4.69) is 5.10 Å². The van der Waals surface area contributed by atoms with Crippen molar-refractivity contribution in [2.45, 2.75) is 37.9 Å². The van der Waals surface area contributed by atoms with Gasteiger partial charge in [0.15, 0.2) is 5.03 Å². The maximum Gasteiger partial charge on any atom is 0.257 e. The maximum absolute atomic E-state index is 11.1. The molecule has 1 aromatic heterocycles. The summed E-state index contributed by atoms with van der Waals surface area (Å²) in [7, 11) is -3.81. The van der Waals surface area contributed by atoms with Crippen molar-refractivity contribution in [1.29, 1.82) is 0 Å². The van der Waals surface area contributed by atoms with Gasteiger partial charge in [-0.25, -0.2) is 13.6 Å². The molecule has 1 rings (SSSR count). The molecule has 0 aliphatic carbocycles. The molecule has 6 nitrogen and oxygen atoms in total. The van der Waals surface area contributed by atoms with Crippen LogP contribution in [-0.2, 0) is 10.0 Å². The first-order valence-electron chi connectivity index (χ1n) is 4.53. The Morgan fingerprint density at radius 3 is 2.27 bits per heavy atom. The Bertz CT molecular complexity index is 422. The number of nitrogens with two attached hydrogens (primary N) is 1. The van der Waals surface area contributed by atoms with Crippen LogP contribution in [0.4, 0.5) is 0 Å². The van der Waals surface area contributed by atoms with Crippen LogP contribution in [0.5, 0.6) is 0 Å². The smallest absolute Gasteiger partial charge is 0.257 e. The average Bonchev–Trinajstić information content (AvgIpc) is 2.45. The van der Waals surface area contributed by atoms with Crippen molar-refractivity contribution in [3.8, 4) is 0 Å². The quantitative estimate of drug-likeness (QED) is 0.777. The lowest BCUT2D eigenvalue weighted by Gasteiger charge is -2.11. The lowest BCUT2D eigenvalue weighted by Crippen LogP contribution is -2.14. The zero-order valence-electron chi connectivity index (χ0n) is 8.88. The molecule has 7 heteroatoms. The average molecular weight is 233 g/mol. The highest BCUT2D eigenvalue weighted by Crippen LogP contribution is 2.19. The molecule has 0 bridgehead atoms. The van der Waals surface area contributed by atoms with Crippen LogP contribution in [0.25, 0.3) is 0 Å². The summed E-state index contributed by atoms with van der Waals surface area (Å²) in [6.07, 6.45) is -0.782. The number of sulfonamides is 1. The summed E-state index contributed by atoms with van der Waals surface area (Å²) < 4.78 is 23.6. The standard InChI is InChI=1S/C8H15N3O3S/c1-5(2)11-7(6(3)12)4-8(10-11)15(9,13)14/h4-6,12H,1-3H3,(H2,9,13,14). The van der Waals surface area contributed by atoms with Crippen LogP contribution in [0.2, 0.25) is 0 Å². The highest BCUT2D eigenvalue weighted by molar-refractivity contribution is 7.89. The van der Waals surface area contributed by atoms with Crippen LogP contribution in [0.1, 0.15) is 38.6 Å². The number of nitrogens with zero attached hydrogens (tertiary/aromatic N) is 2. The number of aliphatic hydroxyl groups excluding tert-OH is 1. The Balaban J connectivity index is 3.34. The Hall–Kier alpha value is -0.920. The van der Waals surface area contributed by atoms with E-state index in [0.717, 1.165) is 0 Å². The predicted molar refractivity (Wildman–Crippen MR) is 54.6 cm³/mol. The molecule has 0 aliphatic heterocycles. The van der Waals surface area contributed by atoms with E-state index in [1.807, 2.05) is 13.8 Å². The third-order valence-corrected chi connectivity index (χ3v) is 2.73. The fourth-order valence-electron chi connectivity index (χ4n) is 1.25. The topological polar surface area (TPSA) is 98.2 Å². The van der Waals surface area contributed by atoms with Gasteiger partial charge in [0, 0.05) is 12.1 Å². The van der Waals surface area contributed by atoms with E-state index in [1.54, 1.807) is 6.92 Å². The molecule has 1 aromatic rings. The van der Waals surface area contributed by atoms with Crippen molar-refractivity contribution >= 4 is 10.0 Å². The van der Waals surface area contributed by atoms with Crippen LogP contribution in [0, 0.1) is 0 Å². The fourth-order valence-corrected chi connectivity index (χ4v) is 1.74. The minimum Gasteiger partial charge on any atom is -0.387 e. The summed E-state index contributed by atoms with van der Waals surface area (Å²) >= 11 is 0. The second-order valence-corrected chi connectivity index (χ2v) is 5.18. The zero-order valence-corrected chi connectivity index (χ0v) is 9.69. The Labute approximate surface area is 88.8 Å². The van der Waals surface area contributed by atoms with E-state index in [-0.39, 0.29) is 11.1 Å². The third kappa shape index (κ3) is 2.55. The molecule has 86 valence electrons. The van der Waals surface area contributed by atoms with Gasteiger partial charge < -0.3 is 5.11 Å². The van der Waals surface area contributed by atoms with Crippen molar-refractivity contribution in [1.82, 2.24) is 9.78 Å². The van der Waals surface area contributed by atoms with Gasteiger partial charge in [0.2, 0.25) is 0 Å². The van der Waals surface area contributed by atoms with Crippen LogP contribution < -0.4 is 5.14 Å². The molecule has 15 heavy (non-hydrogen) atoms. The van der Waals surface area contributed by atoms with E-state index < -0.39 is 16.1 Å². The minimum atomic E-state index is -3.81. The van der Waals surface area contributed by atoms with Gasteiger partial charge in [0.1, 0.15) is 0 Å². The summed E-state index contributed by atoms with van der Waals surface area (Å²) in [5, 5.41) is 18.0. The number of primary sulfonamides is 1. The summed E-state index contributed by atoms with van der Waals surface area (Å²) in [6.45, 7) is 5.22. The third-order valence-electron chi connectivity index (χ3n) is 1.95. The Morgan fingerprint density at radius 1 is 1.47 bits per heavy atom. The first-order valence-corrected chi connectivity index (χ1v) is 6.08. The molecule has 1 heterocycles. The molecular weight excluding hydrogens is 218 g/mol.